The lowest BCUT2D eigenvalue weighted by Gasteiger charge is -1.98. The molecule has 0 amide bonds. The van der Waals surface area contributed by atoms with Crippen molar-refractivity contribution >= 4 is 11.4 Å². The smallest absolute Gasteiger partial charge is 0.269 e. The maximum absolute atomic E-state index is 10.6. The molecule has 5 heteroatoms. The fraction of sp³-hybridized carbons (Fsp3) is 0.300. The van der Waals surface area contributed by atoms with Gasteiger partial charge >= 0.3 is 0 Å². The molecule has 78 valence electrons. The maximum atomic E-state index is 10.6. The number of hydrogen-bond acceptors (Lipinski definition) is 4. The molecule has 1 aliphatic rings. The maximum Gasteiger partial charge on any atom is 0.269 e. The molecule has 1 aliphatic carbocycles. The normalized spacial score (nSPS) is 16.5. The van der Waals surface area contributed by atoms with E-state index in [0.29, 0.717) is 0 Å². The summed E-state index contributed by atoms with van der Waals surface area (Å²) in [7, 11) is 1.50. The summed E-state index contributed by atoms with van der Waals surface area (Å²) in [6.45, 7) is 0. The number of oxime groups is 1. The van der Waals surface area contributed by atoms with Gasteiger partial charge in [-0.2, -0.15) is 0 Å². The minimum absolute atomic E-state index is 0.132. The van der Waals surface area contributed by atoms with Crippen molar-refractivity contribution in [2.75, 3.05) is 7.11 Å². The van der Waals surface area contributed by atoms with Crippen molar-refractivity contribution in [3.8, 4) is 0 Å². The van der Waals surface area contributed by atoms with Crippen LogP contribution in [0.25, 0.3) is 0 Å². The summed E-state index contributed by atoms with van der Waals surface area (Å²) < 4.78 is 0. The Morgan fingerprint density at radius 3 is 2.93 bits per heavy atom. The number of hydrogen-bond donors (Lipinski definition) is 0. The van der Waals surface area contributed by atoms with Crippen molar-refractivity contribution < 1.29 is 9.76 Å². The van der Waals surface area contributed by atoms with Crippen LogP contribution < -0.4 is 0 Å². The van der Waals surface area contributed by atoms with Crippen LogP contribution in [-0.2, 0) is 11.3 Å². The molecule has 0 spiro atoms. The first-order chi connectivity index (χ1) is 7.22. The number of benzene rings is 1. The van der Waals surface area contributed by atoms with Gasteiger partial charge in [-0.25, -0.2) is 0 Å². The second-order valence-electron chi connectivity index (χ2n) is 3.32. The van der Waals surface area contributed by atoms with E-state index in [1.807, 2.05) is 0 Å². The van der Waals surface area contributed by atoms with E-state index in [-0.39, 0.29) is 10.6 Å². The largest absolute Gasteiger partial charge is 0.399 e. The molecule has 1 aromatic rings. The highest BCUT2D eigenvalue weighted by Gasteiger charge is 2.20. The molecule has 0 atom stereocenters. The van der Waals surface area contributed by atoms with Crippen LogP contribution in [0, 0.1) is 10.1 Å². The predicted molar refractivity (Wildman–Crippen MR) is 55.0 cm³/mol. The quantitative estimate of drug-likeness (QED) is 0.548. The number of rotatable bonds is 2. The highest BCUT2D eigenvalue weighted by molar-refractivity contribution is 6.04. The van der Waals surface area contributed by atoms with E-state index in [1.54, 1.807) is 12.1 Å². The lowest BCUT2D eigenvalue weighted by molar-refractivity contribution is -0.384. The Hall–Kier alpha value is -1.91. The van der Waals surface area contributed by atoms with Crippen LogP contribution in [0.3, 0.4) is 0 Å². The summed E-state index contributed by atoms with van der Waals surface area (Å²) in [5, 5.41) is 14.4. The van der Waals surface area contributed by atoms with Crippen molar-refractivity contribution in [3.05, 3.63) is 39.4 Å². The average molecular weight is 206 g/mol. The van der Waals surface area contributed by atoms with Crippen molar-refractivity contribution in [1.29, 1.82) is 0 Å². The molecule has 15 heavy (non-hydrogen) atoms. The SMILES string of the molecule is CO/N=C1\CCc2cc([N+](=O)[O-])ccc21. The summed E-state index contributed by atoms with van der Waals surface area (Å²) in [4.78, 5) is 14.9. The third-order valence-electron chi connectivity index (χ3n) is 2.44. The molecule has 2 rings (SSSR count). The molecule has 0 aliphatic heterocycles. The zero-order valence-electron chi connectivity index (χ0n) is 8.27. The molecular weight excluding hydrogens is 196 g/mol. The van der Waals surface area contributed by atoms with Crippen molar-refractivity contribution in [2.24, 2.45) is 5.16 Å². The molecule has 0 saturated carbocycles. The van der Waals surface area contributed by atoms with Gasteiger partial charge in [0.15, 0.2) is 0 Å². The van der Waals surface area contributed by atoms with E-state index < -0.39 is 0 Å². The van der Waals surface area contributed by atoms with Crippen LogP contribution in [0.15, 0.2) is 23.4 Å². The van der Waals surface area contributed by atoms with Crippen LogP contribution in [0.5, 0.6) is 0 Å². The average Bonchev–Trinajstić information content (AvgIpc) is 2.61. The Morgan fingerprint density at radius 2 is 2.27 bits per heavy atom. The fourth-order valence-electron chi connectivity index (χ4n) is 1.77. The highest BCUT2D eigenvalue weighted by Crippen LogP contribution is 2.26. The predicted octanol–water partition coefficient (Wildman–Crippen LogP) is 1.89. The van der Waals surface area contributed by atoms with Gasteiger partial charge in [0.2, 0.25) is 0 Å². The van der Waals surface area contributed by atoms with Crippen LogP contribution in [0.1, 0.15) is 17.5 Å². The molecule has 0 heterocycles. The summed E-state index contributed by atoms with van der Waals surface area (Å²) in [5.41, 5.74) is 2.93. The van der Waals surface area contributed by atoms with Crippen molar-refractivity contribution in [1.82, 2.24) is 0 Å². The summed E-state index contributed by atoms with van der Waals surface area (Å²) >= 11 is 0. The van der Waals surface area contributed by atoms with Crippen LogP contribution >= 0.6 is 0 Å². The van der Waals surface area contributed by atoms with Gasteiger partial charge in [0.05, 0.1) is 10.6 Å². The molecule has 0 N–H and O–H groups in total. The Kier molecular flexibility index (Phi) is 2.37. The fourth-order valence-corrected chi connectivity index (χ4v) is 1.77. The second-order valence-corrected chi connectivity index (χ2v) is 3.32. The molecule has 1 aromatic carbocycles. The molecule has 0 bridgehead atoms. The van der Waals surface area contributed by atoms with E-state index in [1.165, 1.54) is 13.2 Å². The van der Waals surface area contributed by atoms with Crippen molar-refractivity contribution in [3.63, 3.8) is 0 Å². The van der Waals surface area contributed by atoms with Gasteiger partial charge in [-0.1, -0.05) is 5.16 Å². The monoisotopic (exact) mass is 206 g/mol. The standard InChI is InChI=1S/C10H10N2O3/c1-15-11-10-5-2-7-6-8(12(13)14)3-4-9(7)10/h3-4,6H,2,5H2,1H3/b11-10+. The Labute approximate surface area is 86.5 Å². The van der Waals surface area contributed by atoms with Gasteiger partial charge in [-0.15, -0.1) is 0 Å². The third-order valence-corrected chi connectivity index (χ3v) is 2.44. The van der Waals surface area contributed by atoms with E-state index >= 15 is 0 Å². The van der Waals surface area contributed by atoms with Crippen molar-refractivity contribution in [2.45, 2.75) is 12.8 Å². The summed E-state index contributed by atoms with van der Waals surface area (Å²) in [5.74, 6) is 0. The molecule has 5 nitrogen and oxygen atoms in total. The van der Waals surface area contributed by atoms with Gasteiger partial charge in [0.1, 0.15) is 7.11 Å². The zero-order valence-corrected chi connectivity index (χ0v) is 8.27. The van der Waals surface area contributed by atoms with E-state index in [2.05, 4.69) is 5.16 Å². The highest BCUT2D eigenvalue weighted by atomic mass is 16.6. The van der Waals surface area contributed by atoms with E-state index in [4.69, 9.17) is 4.84 Å². The first kappa shape index (κ1) is 9.64. The number of nitro benzene ring substituents is 1. The van der Waals surface area contributed by atoms with Crippen LogP contribution in [-0.4, -0.2) is 17.7 Å². The summed E-state index contributed by atoms with van der Waals surface area (Å²) in [6.07, 6.45) is 1.57. The molecule has 0 unspecified atom stereocenters. The number of non-ortho nitro benzene ring substituents is 1. The zero-order chi connectivity index (χ0) is 10.8. The topological polar surface area (TPSA) is 64.7 Å². The minimum Gasteiger partial charge on any atom is -0.399 e. The van der Waals surface area contributed by atoms with Crippen LogP contribution in [0.4, 0.5) is 5.69 Å². The lowest BCUT2D eigenvalue weighted by Crippen LogP contribution is -1.96. The van der Waals surface area contributed by atoms with Gasteiger partial charge in [0, 0.05) is 17.7 Å². The lowest BCUT2D eigenvalue weighted by atomic mass is 10.1. The third kappa shape index (κ3) is 1.68. The van der Waals surface area contributed by atoms with Gasteiger partial charge in [0.25, 0.3) is 5.69 Å². The molecule has 0 aromatic heterocycles. The number of nitrogens with zero attached hydrogens (tertiary/aromatic N) is 2. The van der Waals surface area contributed by atoms with Gasteiger partial charge in [-0.05, 0) is 24.5 Å². The first-order valence-corrected chi connectivity index (χ1v) is 4.60. The second kappa shape index (κ2) is 3.68. The Balaban J connectivity index is 2.42. The number of aryl methyl sites for hydroxylation is 1. The van der Waals surface area contributed by atoms with Gasteiger partial charge in [-0.3, -0.25) is 10.1 Å². The number of fused-ring (bicyclic) bond motifs is 1. The number of nitro groups is 1. The summed E-state index contributed by atoms with van der Waals surface area (Å²) in [6, 6.07) is 4.83. The van der Waals surface area contributed by atoms with Gasteiger partial charge < -0.3 is 4.84 Å². The molecule has 0 fully saturated rings. The first-order valence-electron chi connectivity index (χ1n) is 4.60. The molecule has 0 radical (unpaired) electrons. The minimum atomic E-state index is -0.383. The Morgan fingerprint density at radius 1 is 1.47 bits per heavy atom. The van der Waals surface area contributed by atoms with E-state index in [0.717, 1.165) is 29.7 Å². The molecular formula is C10H10N2O3. The Bertz CT molecular complexity index is 440. The molecule has 0 saturated heterocycles. The van der Waals surface area contributed by atoms with E-state index in [9.17, 15) is 10.1 Å². The van der Waals surface area contributed by atoms with Crippen LogP contribution in [0.2, 0.25) is 0 Å².